The number of hydrogen-bond donors (Lipinski definition) is 1. The quantitative estimate of drug-likeness (QED) is 0.428. The van der Waals surface area contributed by atoms with Crippen molar-refractivity contribution in [2.75, 3.05) is 0 Å². The van der Waals surface area contributed by atoms with Gasteiger partial charge in [0.15, 0.2) is 0 Å². The fourth-order valence-corrected chi connectivity index (χ4v) is 5.13. The summed E-state index contributed by atoms with van der Waals surface area (Å²) < 4.78 is 30.6. The Labute approximate surface area is 194 Å². The van der Waals surface area contributed by atoms with Crippen LogP contribution in [0.1, 0.15) is 49.2 Å². The Morgan fingerprint density at radius 3 is 2.70 bits per heavy atom. The first-order chi connectivity index (χ1) is 15.6. The fraction of sp³-hybridized carbons (Fsp3) is 0.440. The summed E-state index contributed by atoms with van der Waals surface area (Å²) >= 11 is 0. The van der Waals surface area contributed by atoms with Gasteiger partial charge in [-0.05, 0) is 36.5 Å². The molecule has 1 aliphatic rings. The molecule has 3 heterocycles. The third-order valence-electron chi connectivity index (χ3n) is 6.16. The zero-order chi connectivity index (χ0) is 23.9. The lowest BCUT2D eigenvalue weighted by molar-refractivity contribution is -0.130. The van der Waals surface area contributed by atoms with Gasteiger partial charge in [0.2, 0.25) is 0 Å². The van der Waals surface area contributed by atoms with Crippen LogP contribution in [0.3, 0.4) is 0 Å². The molecule has 1 N–H and O–H groups in total. The number of aromatic amines is 1. The monoisotopic (exact) mass is 468 g/mol. The predicted molar refractivity (Wildman–Crippen MR) is 128 cm³/mol. The number of fused-ring (bicyclic) bond motifs is 3. The van der Waals surface area contributed by atoms with Crippen LogP contribution in [0.25, 0.3) is 10.9 Å². The molecule has 1 amide bonds. The number of halogens is 2. The number of carbonyl (C=O) groups excluding carboxylic acids is 1. The van der Waals surface area contributed by atoms with E-state index in [0.717, 1.165) is 36.6 Å². The summed E-state index contributed by atoms with van der Waals surface area (Å²) in [5.74, 6) is 1.44. The maximum atomic E-state index is 14.7. The zero-order valence-electron chi connectivity index (χ0n) is 19.8. The van der Waals surface area contributed by atoms with Crippen LogP contribution in [0.5, 0.6) is 0 Å². The molecule has 0 unspecified atom stereocenters. The van der Waals surface area contributed by atoms with Gasteiger partial charge in [-0.3, -0.25) is 9.48 Å². The molecule has 33 heavy (non-hydrogen) atoms. The standard InChI is InChI=1S/C25H30F2N4OSi/c1-6-7-8-17-15-19-18-13-16(26)14-20(27)23(18)29-24(19)25(21-9-11-28-30(21)2)31(17)22(32)10-12-33(3,4)5/h9,11,13-14,17,25,29H,6-8,15H2,1-5H3/t17-,25-/m0/s1. The topological polar surface area (TPSA) is 53.9 Å². The lowest BCUT2D eigenvalue weighted by atomic mass is 9.87. The first-order valence-corrected chi connectivity index (χ1v) is 14.9. The highest BCUT2D eigenvalue weighted by Crippen LogP contribution is 2.42. The molecule has 2 aromatic heterocycles. The molecule has 0 saturated heterocycles. The van der Waals surface area contributed by atoms with Crippen LogP contribution in [0.15, 0.2) is 24.4 Å². The second-order valence-corrected chi connectivity index (χ2v) is 14.6. The molecule has 0 fully saturated rings. The van der Waals surface area contributed by atoms with Crippen LogP contribution in [0, 0.1) is 23.1 Å². The van der Waals surface area contributed by atoms with Crippen molar-refractivity contribution in [2.24, 2.45) is 7.05 Å². The second-order valence-electron chi connectivity index (χ2n) is 9.82. The van der Waals surface area contributed by atoms with Crippen LogP contribution in [0.4, 0.5) is 8.78 Å². The molecule has 5 nitrogen and oxygen atoms in total. The van der Waals surface area contributed by atoms with Crippen molar-refractivity contribution in [1.82, 2.24) is 19.7 Å². The summed E-state index contributed by atoms with van der Waals surface area (Å²) in [5, 5.41) is 4.86. The average molecular weight is 469 g/mol. The van der Waals surface area contributed by atoms with Crippen molar-refractivity contribution in [3.05, 3.63) is 53.0 Å². The smallest absolute Gasteiger partial charge is 0.299 e. The van der Waals surface area contributed by atoms with Crippen LogP contribution in [-0.2, 0) is 18.3 Å². The number of nitrogens with zero attached hydrogens (tertiary/aromatic N) is 3. The Morgan fingerprint density at radius 1 is 1.30 bits per heavy atom. The number of unbranched alkanes of at least 4 members (excludes halogenated alkanes) is 1. The van der Waals surface area contributed by atoms with E-state index >= 15 is 0 Å². The highest BCUT2D eigenvalue weighted by molar-refractivity contribution is 6.84. The molecule has 0 radical (unpaired) electrons. The van der Waals surface area contributed by atoms with Gasteiger partial charge in [0.1, 0.15) is 25.8 Å². The van der Waals surface area contributed by atoms with Gasteiger partial charge >= 0.3 is 0 Å². The van der Waals surface area contributed by atoms with Gasteiger partial charge in [-0.25, -0.2) is 8.78 Å². The number of H-pyrrole nitrogens is 1. The summed E-state index contributed by atoms with van der Waals surface area (Å²) in [5.41, 5.74) is 5.83. The number of aryl methyl sites for hydroxylation is 1. The lowest BCUT2D eigenvalue weighted by Crippen LogP contribution is -2.48. The van der Waals surface area contributed by atoms with E-state index in [2.05, 4.69) is 48.1 Å². The number of rotatable bonds is 4. The Hall–Kier alpha value is -2.92. The highest BCUT2D eigenvalue weighted by Gasteiger charge is 2.41. The van der Waals surface area contributed by atoms with Crippen molar-refractivity contribution in [2.45, 2.75) is 64.3 Å². The van der Waals surface area contributed by atoms with E-state index < -0.39 is 25.8 Å². The largest absolute Gasteiger partial charge is 0.354 e. The van der Waals surface area contributed by atoms with Gasteiger partial charge < -0.3 is 9.88 Å². The lowest BCUT2D eigenvalue weighted by Gasteiger charge is -2.41. The molecule has 0 aliphatic carbocycles. The van der Waals surface area contributed by atoms with Crippen LogP contribution in [-0.4, -0.2) is 39.7 Å². The minimum absolute atomic E-state index is 0.133. The molecule has 3 aromatic rings. The number of amides is 1. The van der Waals surface area contributed by atoms with Crippen LogP contribution >= 0.6 is 0 Å². The Kier molecular flexibility index (Phi) is 6.19. The third kappa shape index (κ3) is 4.47. The normalized spacial score (nSPS) is 18.2. The van der Waals surface area contributed by atoms with Crippen molar-refractivity contribution in [3.63, 3.8) is 0 Å². The van der Waals surface area contributed by atoms with Gasteiger partial charge in [0.05, 0.1) is 11.2 Å². The molecule has 1 aromatic carbocycles. The molecule has 0 bridgehead atoms. The maximum Gasteiger partial charge on any atom is 0.299 e. The van der Waals surface area contributed by atoms with Crippen LogP contribution in [0.2, 0.25) is 19.6 Å². The molecule has 1 aliphatic heterocycles. The second kappa shape index (κ2) is 8.79. The number of hydrogen-bond acceptors (Lipinski definition) is 2. The summed E-state index contributed by atoms with van der Waals surface area (Å²) in [6, 6.07) is 3.49. The zero-order valence-corrected chi connectivity index (χ0v) is 20.8. The molecular weight excluding hydrogens is 438 g/mol. The number of nitrogens with one attached hydrogen (secondary N) is 1. The SMILES string of the molecule is CCCC[C@H]1Cc2c([nH]c3c(F)cc(F)cc23)[C@H](c2ccnn2C)N1C(=O)C#C[Si](C)(C)C. The van der Waals surface area contributed by atoms with Crippen molar-refractivity contribution < 1.29 is 13.6 Å². The molecule has 0 spiro atoms. The Bertz CT molecular complexity index is 1260. The Balaban J connectivity index is 1.95. The summed E-state index contributed by atoms with van der Waals surface area (Å²) in [4.78, 5) is 18.6. The van der Waals surface area contributed by atoms with E-state index in [1.807, 2.05) is 18.0 Å². The van der Waals surface area contributed by atoms with Crippen LogP contribution < -0.4 is 0 Å². The fourth-order valence-electron chi connectivity index (χ4n) is 4.64. The van der Waals surface area contributed by atoms with E-state index in [9.17, 15) is 13.6 Å². The highest BCUT2D eigenvalue weighted by atomic mass is 28.3. The third-order valence-corrected chi connectivity index (χ3v) is 7.03. The summed E-state index contributed by atoms with van der Waals surface area (Å²) in [6.07, 6.45) is 4.92. The molecule has 4 rings (SSSR count). The summed E-state index contributed by atoms with van der Waals surface area (Å²) in [6.45, 7) is 8.41. The minimum atomic E-state index is -1.77. The predicted octanol–water partition coefficient (Wildman–Crippen LogP) is 5.09. The average Bonchev–Trinajstić information content (AvgIpc) is 3.32. The van der Waals surface area contributed by atoms with E-state index in [4.69, 9.17) is 0 Å². The molecular formula is C25H30F2N4OSi. The number of aromatic nitrogens is 3. The molecule has 0 saturated carbocycles. The van der Waals surface area contributed by atoms with E-state index in [1.165, 1.54) is 6.07 Å². The van der Waals surface area contributed by atoms with Crippen molar-refractivity contribution >= 4 is 24.9 Å². The summed E-state index contributed by atoms with van der Waals surface area (Å²) in [7, 11) is 0.0562. The van der Waals surface area contributed by atoms with Gasteiger partial charge in [0.25, 0.3) is 5.91 Å². The molecule has 174 valence electrons. The Morgan fingerprint density at radius 2 is 2.06 bits per heavy atom. The van der Waals surface area contributed by atoms with E-state index in [-0.39, 0.29) is 17.5 Å². The minimum Gasteiger partial charge on any atom is -0.354 e. The maximum absolute atomic E-state index is 14.7. The number of benzene rings is 1. The first-order valence-electron chi connectivity index (χ1n) is 11.4. The van der Waals surface area contributed by atoms with E-state index in [0.29, 0.717) is 17.5 Å². The first kappa shape index (κ1) is 23.2. The van der Waals surface area contributed by atoms with Gasteiger partial charge in [-0.2, -0.15) is 5.10 Å². The van der Waals surface area contributed by atoms with Gasteiger partial charge in [-0.15, -0.1) is 5.54 Å². The molecule has 2 atom stereocenters. The van der Waals surface area contributed by atoms with Gasteiger partial charge in [-0.1, -0.05) is 39.4 Å². The van der Waals surface area contributed by atoms with Crippen molar-refractivity contribution in [1.29, 1.82) is 0 Å². The number of carbonyl (C=O) groups is 1. The van der Waals surface area contributed by atoms with E-state index in [1.54, 1.807) is 10.9 Å². The molecule has 8 heteroatoms. The van der Waals surface area contributed by atoms with Crippen molar-refractivity contribution in [3.8, 4) is 11.5 Å². The van der Waals surface area contributed by atoms with Gasteiger partial charge in [0, 0.05) is 36.4 Å².